The summed E-state index contributed by atoms with van der Waals surface area (Å²) in [5.74, 6) is -1.67. The molecular formula is C13H17NO7S. The van der Waals surface area contributed by atoms with Gasteiger partial charge < -0.3 is 14.6 Å². The van der Waals surface area contributed by atoms with Gasteiger partial charge in [-0.05, 0) is 13.0 Å². The summed E-state index contributed by atoms with van der Waals surface area (Å²) >= 11 is 0. The minimum absolute atomic E-state index is 0.0747. The molecule has 1 aromatic carbocycles. The highest BCUT2D eigenvalue weighted by Crippen LogP contribution is 2.31. The third-order valence-corrected chi connectivity index (χ3v) is 4.53. The lowest BCUT2D eigenvalue weighted by Crippen LogP contribution is -2.17. The quantitative estimate of drug-likeness (QED) is 0.815. The Bertz CT molecular complexity index is 682. The van der Waals surface area contributed by atoms with E-state index in [-0.39, 0.29) is 34.3 Å². The van der Waals surface area contributed by atoms with Crippen molar-refractivity contribution in [2.75, 3.05) is 24.8 Å². The van der Waals surface area contributed by atoms with Crippen molar-refractivity contribution in [2.24, 2.45) is 0 Å². The van der Waals surface area contributed by atoms with Crippen LogP contribution in [0.15, 0.2) is 17.0 Å². The van der Waals surface area contributed by atoms with E-state index in [4.69, 9.17) is 14.6 Å². The minimum Gasteiger partial charge on any atom is -0.496 e. The van der Waals surface area contributed by atoms with E-state index in [1.807, 2.05) is 0 Å². The van der Waals surface area contributed by atoms with Crippen molar-refractivity contribution in [1.29, 1.82) is 0 Å². The van der Waals surface area contributed by atoms with Crippen molar-refractivity contribution in [1.82, 2.24) is 0 Å². The molecule has 22 heavy (non-hydrogen) atoms. The first-order valence-corrected chi connectivity index (χ1v) is 8.03. The van der Waals surface area contributed by atoms with Crippen molar-refractivity contribution in [3.8, 4) is 5.75 Å². The van der Waals surface area contributed by atoms with Crippen LogP contribution in [0.25, 0.3) is 0 Å². The summed E-state index contributed by atoms with van der Waals surface area (Å²) in [7, 11) is -2.52. The molecule has 9 heteroatoms. The normalized spacial score (nSPS) is 10.9. The van der Waals surface area contributed by atoms with Crippen LogP contribution in [0, 0.1) is 0 Å². The van der Waals surface area contributed by atoms with E-state index < -0.39 is 21.9 Å². The van der Waals surface area contributed by atoms with Gasteiger partial charge in [-0.1, -0.05) is 6.92 Å². The number of rotatable bonds is 6. The summed E-state index contributed by atoms with van der Waals surface area (Å²) in [6.45, 7) is 3.11. The zero-order valence-electron chi connectivity index (χ0n) is 12.4. The molecule has 0 spiro atoms. The van der Waals surface area contributed by atoms with Crippen LogP contribution in [0.2, 0.25) is 0 Å². The van der Waals surface area contributed by atoms with Crippen LogP contribution in [0.4, 0.5) is 10.5 Å². The number of carboxylic acid groups (broad SMARTS) is 1. The average Bonchev–Trinajstić information content (AvgIpc) is 2.46. The fraction of sp³-hybridized carbons (Fsp3) is 0.385. The Hall–Kier alpha value is -2.29. The molecule has 1 aromatic rings. The predicted molar refractivity (Wildman–Crippen MR) is 78.3 cm³/mol. The van der Waals surface area contributed by atoms with Crippen LogP contribution in [0.3, 0.4) is 0 Å². The summed E-state index contributed by atoms with van der Waals surface area (Å²) in [5, 5.41) is 11.4. The van der Waals surface area contributed by atoms with Crippen LogP contribution in [0.1, 0.15) is 24.2 Å². The molecular weight excluding hydrogens is 314 g/mol. The SMILES string of the molecule is CCOC(=O)Nc1cc(OC)c(C(=O)O)cc1S(=O)(=O)CC. The molecule has 0 aliphatic heterocycles. The van der Waals surface area contributed by atoms with Crippen LogP contribution < -0.4 is 10.1 Å². The smallest absolute Gasteiger partial charge is 0.411 e. The van der Waals surface area contributed by atoms with Gasteiger partial charge in [0.05, 0.1) is 30.1 Å². The monoisotopic (exact) mass is 331 g/mol. The summed E-state index contributed by atoms with van der Waals surface area (Å²) in [6.07, 6.45) is -0.847. The number of benzene rings is 1. The van der Waals surface area contributed by atoms with E-state index in [0.717, 1.165) is 12.1 Å². The number of carbonyl (C=O) groups is 2. The molecule has 0 fully saturated rings. The number of carbonyl (C=O) groups excluding carboxylic acids is 1. The first-order valence-electron chi connectivity index (χ1n) is 6.38. The van der Waals surface area contributed by atoms with Crippen molar-refractivity contribution in [2.45, 2.75) is 18.7 Å². The Kier molecular flexibility index (Phi) is 5.75. The Morgan fingerprint density at radius 2 is 1.91 bits per heavy atom. The van der Waals surface area contributed by atoms with Crippen molar-refractivity contribution in [3.05, 3.63) is 17.7 Å². The molecule has 1 rings (SSSR count). The molecule has 8 nitrogen and oxygen atoms in total. The number of carboxylic acids is 1. The van der Waals surface area contributed by atoms with E-state index in [0.29, 0.717) is 0 Å². The fourth-order valence-electron chi connectivity index (χ4n) is 1.68. The van der Waals surface area contributed by atoms with Gasteiger partial charge in [0, 0.05) is 6.07 Å². The Morgan fingerprint density at radius 1 is 1.27 bits per heavy atom. The second-order valence-corrected chi connectivity index (χ2v) is 6.35. The lowest BCUT2D eigenvalue weighted by atomic mass is 10.2. The topological polar surface area (TPSA) is 119 Å². The molecule has 0 heterocycles. The van der Waals surface area contributed by atoms with Crippen LogP contribution in [-0.4, -0.2) is 45.1 Å². The Morgan fingerprint density at radius 3 is 2.36 bits per heavy atom. The van der Waals surface area contributed by atoms with Gasteiger partial charge in [-0.3, -0.25) is 5.32 Å². The molecule has 0 bridgehead atoms. The highest BCUT2D eigenvalue weighted by Gasteiger charge is 2.24. The number of hydrogen-bond acceptors (Lipinski definition) is 6. The van der Waals surface area contributed by atoms with Gasteiger partial charge in [0.25, 0.3) is 0 Å². The van der Waals surface area contributed by atoms with Gasteiger partial charge in [0.15, 0.2) is 9.84 Å². The third kappa shape index (κ3) is 3.88. The molecule has 0 radical (unpaired) electrons. The van der Waals surface area contributed by atoms with E-state index in [2.05, 4.69) is 5.32 Å². The zero-order chi connectivity index (χ0) is 16.9. The number of sulfone groups is 1. The first kappa shape index (κ1) is 17.8. The number of nitrogens with one attached hydrogen (secondary N) is 1. The molecule has 0 saturated carbocycles. The van der Waals surface area contributed by atoms with E-state index >= 15 is 0 Å². The predicted octanol–water partition coefficient (Wildman–Crippen LogP) is 1.76. The van der Waals surface area contributed by atoms with Gasteiger partial charge in [0.2, 0.25) is 0 Å². The molecule has 2 N–H and O–H groups in total. The van der Waals surface area contributed by atoms with Gasteiger partial charge >= 0.3 is 12.1 Å². The second kappa shape index (κ2) is 7.12. The van der Waals surface area contributed by atoms with E-state index in [1.165, 1.54) is 14.0 Å². The van der Waals surface area contributed by atoms with Crippen LogP contribution >= 0.6 is 0 Å². The molecule has 1 amide bonds. The maximum absolute atomic E-state index is 12.1. The van der Waals surface area contributed by atoms with Gasteiger partial charge in [-0.15, -0.1) is 0 Å². The van der Waals surface area contributed by atoms with Crippen molar-refractivity contribution in [3.63, 3.8) is 0 Å². The summed E-state index contributed by atoms with van der Waals surface area (Å²) in [4.78, 5) is 22.4. The van der Waals surface area contributed by atoms with Gasteiger partial charge in [0.1, 0.15) is 11.3 Å². The number of ether oxygens (including phenoxy) is 2. The number of anilines is 1. The maximum Gasteiger partial charge on any atom is 0.411 e. The maximum atomic E-state index is 12.1. The van der Waals surface area contributed by atoms with Crippen LogP contribution in [-0.2, 0) is 14.6 Å². The molecule has 0 atom stereocenters. The minimum atomic E-state index is -3.76. The third-order valence-electron chi connectivity index (χ3n) is 2.76. The Labute approximate surface area is 128 Å². The van der Waals surface area contributed by atoms with Crippen molar-refractivity contribution >= 4 is 27.6 Å². The first-order chi connectivity index (χ1) is 10.3. The summed E-state index contributed by atoms with van der Waals surface area (Å²) < 4.78 is 33.8. The molecule has 122 valence electrons. The lowest BCUT2D eigenvalue weighted by Gasteiger charge is -2.14. The van der Waals surface area contributed by atoms with E-state index in [1.54, 1.807) is 6.92 Å². The molecule has 0 aromatic heterocycles. The highest BCUT2D eigenvalue weighted by atomic mass is 32.2. The zero-order valence-corrected chi connectivity index (χ0v) is 13.2. The summed E-state index contributed by atoms with van der Waals surface area (Å²) in [6, 6.07) is 2.10. The van der Waals surface area contributed by atoms with Crippen molar-refractivity contribution < 1.29 is 32.6 Å². The molecule has 0 aliphatic carbocycles. The van der Waals surface area contributed by atoms with Gasteiger partial charge in [-0.2, -0.15) is 0 Å². The average molecular weight is 331 g/mol. The van der Waals surface area contributed by atoms with E-state index in [9.17, 15) is 18.0 Å². The largest absolute Gasteiger partial charge is 0.496 e. The molecule has 0 aliphatic rings. The molecule has 0 unspecified atom stereocenters. The Balaban J connectivity index is 3.51. The standard InChI is InChI=1S/C13H17NO7S/c1-4-21-13(17)14-9-7-10(20-3)8(12(15)16)6-11(9)22(18,19)5-2/h6-7H,4-5H2,1-3H3,(H,14,17)(H,15,16). The number of hydrogen-bond donors (Lipinski definition) is 2. The fourth-order valence-corrected chi connectivity index (χ4v) is 2.74. The summed E-state index contributed by atoms with van der Waals surface area (Å²) in [5.41, 5.74) is -0.411. The number of aromatic carboxylic acids is 1. The second-order valence-electron chi connectivity index (χ2n) is 4.10. The van der Waals surface area contributed by atoms with Crippen LogP contribution in [0.5, 0.6) is 5.75 Å². The lowest BCUT2D eigenvalue weighted by molar-refractivity contribution is 0.0693. The number of methoxy groups -OCH3 is 1. The highest BCUT2D eigenvalue weighted by molar-refractivity contribution is 7.91. The molecule has 0 saturated heterocycles. The van der Waals surface area contributed by atoms with Gasteiger partial charge in [-0.25, -0.2) is 18.0 Å². The number of amides is 1.